The minimum atomic E-state index is -0.215. The van der Waals surface area contributed by atoms with Crippen LogP contribution >= 0.6 is 22.7 Å². The molecule has 1 unspecified atom stereocenters. The van der Waals surface area contributed by atoms with Gasteiger partial charge < -0.3 is 15.0 Å². The molecule has 3 aromatic heterocycles. The average Bonchev–Trinajstić information content (AvgIpc) is 3.48. The molecule has 1 aromatic carbocycles. The van der Waals surface area contributed by atoms with E-state index in [4.69, 9.17) is 4.74 Å². The summed E-state index contributed by atoms with van der Waals surface area (Å²) in [5.41, 5.74) is 2.89. The van der Waals surface area contributed by atoms with Gasteiger partial charge in [0.05, 0.1) is 15.9 Å². The number of amides is 1. The number of H-pyrrole nitrogens is 1. The first-order valence-corrected chi connectivity index (χ1v) is 10.4. The van der Waals surface area contributed by atoms with E-state index in [9.17, 15) is 4.79 Å². The van der Waals surface area contributed by atoms with Gasteiger partial charge in [-0.25, -0.2) is 9.97 Å². The molecule has 136 valence electrons. The van der Waals surface area contributed by atoms with Gasteiger partial charge >= 0.3 is 0 Å². The number of imidazole rings is 1. The third-order valence-electron chi connectivity index (χ3n) is 4.46. The van der Waals surface area contributed by atoms with Crippen molar-refractivity contribution in [1.82, 2.24) is 15.0 Å². The van der Waals surface area contributed by atoms with Gasteiger partial charge in [-0.1, -0.05) is 6.07 Å². The molecule has 1 amide bonds. The topological polar surface area (TPSA) is 79.9 Å². The number of nitrogens with zero attached hydrogens (tertiary/aromatic N) is 2. The fourth-order valence-corrected chi connectivity index (χ4v) is 4.75. The van der Waals surface area contributed by atoms with Crippen LogP contribution in [0.5, 0.6) is 0 Å². The average molecular weight is 396 g/mol. The number of aromatic nitrogens is 3. The molecule has 8 heteroatoms. The Labute approximate surface area is 163 Å². The molecule has 0 radical (unpaired) electrons. The molecule has 1 atom stereocenters. The highest BCUT2D eigenvalue weighted by molar-refractivity contribution is 7.20. The van der Waals surface area contributed by atoms with Crippen LogP contribution in [0.2, 0.25) is 0 Å². The highest BCUT2D eigenvalue weighted by Crippen LogP contribution is 2.30. The fourth-order valence-electron chi connectivity index (χ4n) is 3.14. The number of aromatic amines is 1. The van der Waals surface area contributed by atoms with Crippen LogP contribution in [-0.2, 0) is 4.74 Å². The second kappa shape index (κ2) is 6.88. The van der Waals surface area contributed by atoms with Gasteiger partial charge in [0.2, 0.25) is 0 Å². The summed E-state index contributed by atoms with van der Waals surface area (Å²) in [4.78, 5) is 26.0. The predicted octanol–water partition coefficient (Wildman–Crippen LogP) is 4.85. The van der Waals surface area contributed by atoms with E-state index in [1.165, 1.54) is 11.3 Å². The zero-order chi connectivity index (χ0) is 18.2. The lowest BCUT2D eigenvalue weighted by atomic mass is 10.2. The zero-order valence-electron chi connectivity index (χ0n) is 14.3. The number of hydrogen-bond acceptors (Lipinski definition) is 6. The van der Waals surface area contributed by atoms with E-state index in [-0.39, 0.29) is 12.0 Å². The molecule has 4 aromatic rings. The maximum Gasteiger partial charge on any atom is 0.275 e. The molecule has 0 bridgehead atoms. The molecule has 1 aliphatic rings. The van der Waals surface area contributed by atoms with Crippen LogP contribution in [0.4, 0.5) is 5.69 Å². The summed E-state index contributed by atoms with van der Waals surface area (Å²) in [6.07, 6.45) is 2.09. The zero-order valence-corrected chi connectivity index (χ0v) is 15.9. The summed E-state index contributed by atoms with van der Waals surface area (Å²) in [6.45, 7) is 0.782. The molecule has 1 saturated heterocycles. The summed E-state index contributed by atoms with van der Waals surface area (Å²) >= 11 is 3.09. The first kappa shape index (κ1) is 16.6. The van der Waals surface area contributed by atoms with Crippen molar-refractivity contribution in [1.29, 1.82) is 0 Å². The van der Waals surface area contributed by atoms with E-state index in [1.54, 1.807) is 16.7 Å². The Morgan fingerprint density at radius 3 is 3.04 bits per heavy atom. The standard InChI is InChI=1S/C19H16N4O2S2/c24-18(14-10-27-19(23-14)16-4-2-8-26-16)20-11-5-6-12-13(9-11)22-17(21-12)15-3-1-7-25-15/h2,4-6,8-10,15H,1,3,7H2,(H,20,24)(H,21,22). The summed E-state index contributed by atoms with van der Waals surface area (Å²) in [7, 11) is 0. The van der Waals surface area contributed by atoms with Crippen LogP contribution < -0.4 is 5.32 Å². The largest absolute Gasteiger partial charge is 0.370 e. The number of nitrogens with one attached hydrogen (secondary N) is 2. The molecule has 2 N–H and O–H groups in total. The second-order valence-electron chi connectivity index (χ2n) is 6.32. The van der Waals surface area contributed by atoms with Gasteiger partial charge in [0.1, 0.15) is 22.6 Å². The second-order valence-corrected chi connectivity index (χ2v) is 8.13. The quantitative estimate of drug-likeness (QED) is 0.517. The van der Waals surface area contributed by atoms with E-state index < -0.39 is 0 Å². The number of hydrogen-bond donors (Lipinski definition) is 2. The SMILES string of the molecule is O=C(Nc1ccc2nc(C3CCCO3)[nH]c2c1)c1csc(-c2cccs2)n1. The van der Waals surface area contributed by atoms with E-state index in [0.717, 1.165) is 46.2 Å². The molecule has 27 heavy (non-hydrogen) atoms. The Bertz CT molecular complexity index is 1090. The van der Waals surface area contributed by atoms with Gasteiger partial charge in [0.25, 0.3) is 5.91 Å². The minimum absolute atomic E-state index is 0.0427. The van der Waals surface area contributed by atoms with Gasteiger partial charge in [-0.3, -0.25) is 4.79 Å². The van der Waals surface area contributed by atoms with Crippen molar-refractivity contribution >= 4 is 45.3 Å². The number of benzene rings is 1. The highest BCUT2D eigenvalue weighted by atomic mass is 32.1. The van der Waals surface area contributed by atoms with Crippen molar-refractivity contribution in [2.24, 2.45) is 0 Å². The van der Waals surface area contributed by atoms with Crippen LogP contribution in [0.25, 0.3) is 20.9 Å². The maximum absolute atomic E-state index is 12.5. The van der Waals surface area contributed by atoms with Crippen LogP contribution in [0.1, 0.15) is 35.3 Å². The Morgan fingerprint density at radius 2 is 2.22 bits per heavy atom. The van der Waals surface area contributed by atoms with Crippen LogP contribution in [0, 0.1) is 0 Å². The van der Waals surface area contributed by atoms with E-state index in [0.29, 0.717) is 11.4 Å². The molecule has 4 heterocycles. The van der Waals surface area contributed by atoms with Gasteiger partial charge in [-0.15, -0.1) is 22.7 Å². The van der Waals surface area contributed by atoms with Crippen molar-refractivity contribution in [3.8, 4) is 9.88 Å². The molecule has 1 aliphatic heterocycles. The number of fused-ring (bicyclic) bond motifs is 1. The number of thiazole rings is 1. The smallest absolute Gasteiger partial charge is 0.275 e. The van der Waals surface area contributed by atoms with Crippen molar-refractivity contribution < 1.29 is 9.53 Å². The molecular weight excluding hydrogens is 380 g/mol. The highest BCUT2D eigenvalue weighted by Gasteiger charge is 2.21. The van der Waals surface area contributed by atoms with Crippen LogP contribution in [-0.4, -0.2) is 27.5 Å². The molecular formula is C19H16N4O2S2. The monoisotopic (exact) mass is 396 g/mol. The van der Waals surface area contributed by atoms with E-state index in [2.05, 4.69) is 20.3 Å². The summed E-state index contributed by atoms with van der Waals surface area (Å²) in [5.74, 6) is 0.637. The fraction of sp³-hybridized carbons (Fsp3) is 0.211. The predicted molar refractivity (Wildman–Crippen MR) is 107 cm³/mol. The van der Waals surface area contributed by atoms with Crippen molar-refractivity contribution in [2.45, 2.75) is 18.9 Å². The van der Waals surface area contributed by atoms with Gasteiger partial charge in [0.15, 0.2) is 0 Å². The molecule has 0 spiro atoms. The van der Waals surface area contributed by atoms with Gasteiger partial charge in [-0.05, 0) is 42.5 Å². The van der Waals surface area contributed by atoms with Crippen molar-refractivity contribution in [2.75, 3.05) is 11.9 Å². The van der Waals surface area contributed by atoms with Crippen LogP contribution in [0.15, 0.2) is 41.1 Å². The number of thiophene rings is 1. The molecule has 0 aliphatic carbocycles. The molecule has 0 saturated carbocycles. The van der Waals surface area contributed by atoms with E-state index >= 15 is 0 Å². The number of rotatable bonds is 4. The first-order chi connectivity index (χ1) is 13.3. The lowest BCUT2D eigenvalue weighted by molar-refractivity contribution is 0.102. The first-order valence-electron chi connectivity index (χ1n) is 8.68. The normalized spacial score (nSPS) is 16.8. The lowest BCUT2D eigenvalue weighted by Gasteiger charge is -2.03. The van der Waals surface area contributed by atoms with E-state index in [1.807, 2.05) is 35.7 Å². The third kappa shape index (κ3) is 3.27. The third-order valence-corrected chi connectivity index (χ3v) is 6.34. The van der Waals surface area contributed by atoms with Gasteiger partial charge in [-0.2, -0.15) is 0 Å². The number of ether oxygens (including phenoxy) is 1. The summed E-state index contributed by atoms with van der Waals surface area (Å²) < 4.78 is 5.68. The summed E-state index contributed by atoms with van der Waals surface area (Å²) in [5, 5.41) is 7.57. The minimum Gasteiger partial charge on any atom is -0.370 e. The summed E-state index contributed by atoms with van der Waals surface area (Å²) in [6, 6.07) is 9.63. The Morgan fingerprint density at radius 1 is 1.26 bits per heavy atom. The van der Waals surface area contributed by atoms with Crippen molar-refractivity contribution in [3.05, 3.63) is 52.6 Å². The number of carbonyl (C=O) groups excluding carboxylic acids is 1. The Kier molecular flexibility index (Phi) is 4.23. The molecule has 6 nitrogen and oxygen atoms in total. The number of anilines is 1. The molecule has 1 fully saturated rings. The van der Waals surface area contributed by atoms with Crippen LogP contribution in [0.3, 0.4) is 0 Å². The Hall–Kier alpha value is -2.55. The van der Waals surface area contributed by atoms with Crippen molar-refractivity contribution in [3.63, 3.8) is 0 Å². The Balaban J connectivity index is 1.35. The van der Waals surface area contributed by atoms with Gasteiger partial charge in [0, 0.05) is 17.7 Å². The maximum atomic E-state index is 12.5. The molecule has 5 rings (SSSR count). The number of carbonyl (C=O) groups is 1. The lowest BCUT2D eigenvalue weighted by Crippen LogP contribution is -2.12.